The van der Waals surface area contributed by atoms with Crippen LogP contribution in [0.5, 0.6) is 0 Å². The number of hydrogen-bond acceptors (Lipinski definition) is 7. The van der Waals surface area contributed by atoms with Crippen LogP contribution in [0.3, 0.4) is 0 Å². The Bertz CT molecular complexity index is 814. The van der Waals surface area contributed by atoms with Gasteiger partial charge in [-0.05, 0) is 26.8 Å². The molecule has 11 heteroatoms. The van der Waals surface area contributed by atoms with E-state index in [1.54, 1.807) is 20.8 Å². The predicted octanol–water partition coefficient (Wildman–Crippen LogP) is 4.91. The molecule has 0 unspecified atom stereocenters. The molecule has 0 saturated carbocycles. The maximum absolute atomic E-state index is 11.9. The van der Waals surface area contributed by atoms with Crippen LogP contribution in [0, 0.1) is 0 Å². The highest BCUT2D eigenvalue weighted by Crippen LogP contribution is 2.38. The lowest BCUT2D eigenvalue weighted by atomic mass is 10.2. The van der Waals surface area contributed by atoms with Crippen molar-refractivity contribution < 1.29 is 9.53 Å². The van der Waals surface area contributed by atoms with Crippen molar-refractivity contribution in [3.8, 4) is 0 Å². The molecule has 0 fully saturated rings. The van der Waals surface area contributed by atoms with Crippen molar-refractivity contribution in [1.82, 2.24) is 15.0 Å². The van der Waals surface area contributed by atoms with Crippen LogP contribution in [0.1, 0.15) is 20.8 Å². The normalized spacial score (nSPS) is 11.3. The number of nitrogen functional groups attached to an aromatic ring is 1. The summed E-state index contributed by atoms with van der Waals surface area (Å²) in [7, 11) is 0. The van der Waals surface area contributed by atoms with E-state index in [-0.39, 0.29) is 27.0 Å². The van der Waals surface area contributed by atoms with Gasteiger partial charge in [-0.2, -0.15) is 0 Å². The average molecular weight is 423 g/mol. The highest BCUT2D eigenvalue weighted by Gasteiger charge is 2.19. The summed E-state index contributed by atoms with van der Waals surface area (Å²) in [5.41, 5.74) is 5.14. The molecule has 0 aliphatic rings. The zero-order valence-corrected chi connectivity index (χ0v) is 16.5. The Labute approximate surface area is 163 Å². The zero-order valence-electron chi connectivity index (χ0n) is 13.4. The van der Waals surface area contributed by atoms with Gasteiger partial charge in [0.15, 0.2) is 11.0 Å². The largest absolute Gasteiger partial charge is 0.444 e. The van der Waals surface area contributed by atoms with Crippen LogP contribution in [-0.4, -0.2) is 26.6 Å². The third-order valence-corrected chi connectivity index (χ3v) is 4.55. The Morgan fingerprint density at radius 2 is 1.96 bits per heavy atom. The number of rotatable bonds is 3. The molecule has 0 saturated heterocycles. The number of pyridine rings is 1. The maximum Gasteiger partial charge on any atom is 0.413 e. The molecule has 2 aromatic heterocycles. The topological polar surface area (TPSA) is 103 Å². The third kappa shape index (κ3) is 5.78. The number of amides is 1. The molecule has 2 rings (SSSR count). The van der Waals surface area contributed by atoms with E-state index in [0.29, 0.717) is 9.92 Å². The molecule has 2 aromatic rings. The fourth-order valence-corrected chi connectivity index (χ4v) is 3.00. The molecule has 2 heterocycles. The second-order valence-electron chi connectivity index (χ2n) is 5.72. The molecule has 25 heavy (non-hydrogen) atoms. The summed E-state index contributed by atoms with van der Waals surface area (Å²) in [5.74, 6) is 0.315. The molecule has 0 atom stereocenters. The lowest BCUT2D eigenvalue weighted by Crippen LogP contribution is -2.27. The van der Waals surface area contributed by atoms with Gasteiger partial charge in [0.05, 0.1) is 11.2 Å². The number of hydrogen-bond donors (Lipinski definition) is 2. The minimum Gasteiger partial charge on any atom is -0.444 e. The van der Waals surface area contributed by atoms with Crippen molar-refractivity contribution in [3.05, 3.63) is 27.6 Å². The lowest BCUT2D eigenvalue weighted by Gasteiger charge is -2.19. The number of nitrogens with zero attached hydrogens (tertiary/aromatic N) is 3. The number of halogens is 3. The molecule has 0 bridgehead atoms. The summed E-state index contributed by atoms with van der Waals surface area (Å²) in [6.45, 7) is 5.24. The third-order valence-electron chi connectivity index (χ3n) is 2.45. The van der Waals surface area contributed by atoms with Crippen LogP contribution in [-0.2, 0) is 4.74 Å². The molecule has 0 aromatic carbocycles. The number of aromatic nitrogens is 3. The van der Waals surface area contributed by atoms with Crippen LogP contribution < -0.4 is 11.1 Å². The second-order valence-corrected chi connectivity index (χ2v) is 7.88. The predicted molar refractivity (Wildman–Crippen MR) is 99.7 cm³/mol. The Morgan fingerprint density at radius 1 is 1.28 bits per heavy atom. The minimum absolute atomic E-state index is 0.0122. The molecule has 0 aliphatic carbocycles. The van der Waals surface area contributed by atoms with Gasteiger partial charge in [0.25, 0.3) is 0 Å². The van der Waals surface area contributed by atoms with Gasteiger partial charge < -0.3 is 10.5 Å². The van der Waals surface area contributed by atoms with E-state index in [4.69, 9.17) is 45.3 Å². The average Bonchev–Trinajstić information content (AvgIpc) is 2.44. The highest BCUT2D eigenvalue weighted by atomic mass is 35.5. The van der Waals surface area contributed by atoms with Gasteiger partial charge in [0.2, 0.25) is 0 Å². The first-order valence-electron chi connectivity index (χ1n) is 6.87. The van der Waals surface area contributed by atoms with Crippen molar-refractivity contribution in [2.24, 2.45) is 0 Å². The van der Waals surface area contributed by atoms with Crippen molar-refractivity contribution in [2.75, 3.05) is 11.1 Å². The fourth-order valence-electron chi connectivity index (χ4n) is 1.58. The number of ether oxygens (including phenoxy) is 1. The summed E-state index contributed by atoms with van der Waals surface area (Å²) in [6.07, 6.45) is 0.691. The van der Waals surface area contributed by atoms with Crippen LogP contribution in [0.25, 0.3) is 0 Å². The zero-order chi connectivity index (χ0) is 18.8. The Morgan fingerprint density at radius 3 is 2.56 bits per heavy atom. The van der Waals surface area contributed by atoms with E-state index in [1.807, 2.05) is 0 Å². The summed E-state index contributed by atoms with van der Waals surface area (Å²) >= 11 is 19.0. The van der Waals surface area contributed by atoms with Crippen molar-refractivity contribution >= 4 is 64.3 Å². The Hall–Kier alpha value is -1.48. The van der Waals surface area contributed by atoms with Crippen molar-refractivity contribution in [2.45, 2.75) is 36.3 Å². The SMILES string of the molecule is CC(C)(C)OC(=O)Nc1cc(Sc2ncc(Cl)nc2N)c(Cl)c(Cl)n1. The summed E-state index contributed by atoms with van der Waals surface area (Å²) in [5, 5.41) is 3.26. The fraction of sp³-hybridized carbons (Fsp3) is 0.286. The van der Waals surface area contributed by atoms with Gasteiger partial charge in [-0.15, -0.1) is 0 Å². The molecule has 3 N–H and O–H groups in total. The van der Waals surface area contributed by atoms with E-state index in [9.17, 15) is 4.79 Å². The molecule has 134 valence electrons. The van der Waals surface area contributed by atoms with E-state index < -0.39 is 11.7 Å². The first kappa shape index (κ1) is 19.8. The quantitative estimate of drug-likeness (QED) is 0.677. The first-order valence-corrected chi connectivity index (χ1v) is 8.82. The van der Waals surface area contributed by atoms with Crippen LogP contribution in [0.4, 0.5) is 16.4 Å². The standard InChI is InChI=1S/C14H14Cl3N5O2S/c1-14(2,3)24-13(23)22-8-4-6(9(16)10(17)21-8)25-12-11(18)20-7(15)5-19-12/h4-5H,1-3H3,(H2,18,20)(H,21,22,23). The van der Waals surface area contributed by atoms with E-state index >= 15 is 0 Å². The summed E-state index contributed by atoms with van der Waals surface area (Å²) < 4.78 is 5.17. The number of carbonyl (C=O) groups excluding carboxylic acids is 1. The van der Waals surface area contributed by atoms with Gasteiger partial charge in [-0.1, -0.05) is 46.6 Å². The molecule has 0 spiro atoms. The Kier molecular flexibility index (Phi) is 6.21. The number of nitrogens with two attached hydrogens (primary N) is 1. The van der Waals surface area contributed by atoms with Gasteiger partial charge in [0, 0.05) is 4.90 Å². The van der Waals surface area contributed by atoms with E-state index in [0.717, 1.165) is 11.8 Å². The first-order chi connectivity index (χ1) is 11.5. The maximum atomic E-state index is 11.9. The molecule has 0 radical (unpaired) electrons. The number of anilines is 2. The molecule has 0 aliphatic heterocycles. The number of nitrogens with one attached hydrogen (secondary N) is 1. The van der Waals surface area contributed by atoms with Gasteiger partial charge in [-0.25, -0.2) is 19.7 Å². The van der Waals surface area contributed by atoms with Crippen LogP contribution in [0.15, 0.2) is 22.2 Å². The molecule has 7 nitrogen and oxygen atoms in total. The monoisotopic (exact) mass is 421 g/mol. The van der Waals surface area contributed by atoms with E-state index in [2.05, 4.69) is 20.3 Å². The highest BCUT2D eigenvalue weighted by molar-refractivity contribution is 7.99. The van der Waals surface area contributed by atoms with Crippen LogP contribution in [0.2, 0.25) is 15.3 Å². The molecular weight excluding hydrogens is 409 g/mol. The van der Waals surface area contributed by atoms with E-state index in [1.165, 1.54) is 12.3 Å². The van der Waals surface area contributed by atoms with Gasteiger partial charge >= 0.3 is 6.09 Å². The molecular formula is C14H14Cl3N5O2S. The van der Waals surface area contributed by atoms with Crippen molar-refractivity contribution in [3.63, 3.8) is 0 Å². The van der Waals surface area contributed by atoms with Gasteiger partial charge in [-0.3, -0.25) is 5.32 Å². The number of carbonyl (C=O) groups is 1. The van der Waals surface area contributed by atoms with Crippen molar-refractivity contribution in [1.29, 1.82) is 0 Å². The lowest BCUT2D eigenvalue weighted by molar-refractivity contribution is 0.0635. The summed E-state index contributed by atoms with van der Waals surface area (Å²) in [4.78, 5) is 24.4. The summed E-state index contributed by atoms with van der Waals surface area (Å²) in [6, 6.07) is 1.53. The van der Waals surface area contributed by atoms with Crippen LogP contribution >= 0.6 is 46.6 Å². The van der Waals surface area contributed by atoms with Gasteiger partial charge in [0.1, 0.15) is 21.6 Å². The molecule has 1 amide bonds. The Balaban J connectivity index is 2.27. The minimum atomic E-state index is -0.667. The second kappa shape index (κ2) is 7.82. The smallest absolute Gasteiger partial charge is 0.413 e.